The van der Waals surface area contributed by atoms with Crippen molar-refractivity contribution in [2.45, 2.75) is 33.1 Å². The Bertz CT molecular complexity index is 560. The largest absolute Gasteiger partial charge is 0.339 e. The molecule has 6 heteroatoms. The molecule has 0 saturated carbocycles. The molecule has 3 amide bonds. The average Bonchev–Trinajstić information content (AvgIpc) is 2.84. The molecule has 5 nitrogen and oxygen atoms in total. The van der Waals surface area contributed by atoms with Crippen LogP contribution in [0.2, 0.25) is 0 Å². The van der Waals surface area contributed by atoms with Crippen LogP contribution in [-0.2, 0) is 11.2 Å². The van der Waals surface area contributed by atoms with E-state index in [0.29, 0.717) is 32.6 Å². The van der Waals surface area contributed by atoms with Crippen LogP contribution in [-0.4, -0.2) is 66.9 Å². The maximum absolute atomic E-state index is 12.3. The summed E-state index contributed by atoms with van der Waals surface area (Å²) in [5.74, 6) is 0.214. The minimum absolute atomic E-state index is 0.0281. The molecule has 0 aromatic carbocycles. The van der Waals surface area contributed by atoms with Gasteiger partial charge in [-0.1, -0.05) is 0 Å². The number of urea groups is 1. The first-order valence-electron chi connectivity index (χ1n) is 8.18. The fraction of sp³-hybridized carbons (Fsp3) is 0.647. The second kappa shape index (κ2) is 7.81. The maximum atomic E-state index is 12.3. The monoisotopic (exact) mass is 337 g/mol. The van der Waals surface area contributed by atoms with Gasteiger partial charge < -0.3 is 14.7 Å². The fourth-order valence-electron chi connectivity index (χ4n) is 2.95. The zero-order valence-corrected chi connectivity index (χ0v) is 15.4. The Balaban J connectivity index is 1.73. The molecule has 0 radical (unpaired) electrons. The third-order valence-electron chi connectivity index (χ3n) is 4.27. The van der Waals surface area contributed by atoms with E-state index in [1.807, 2.05) is 16.2 Å². The first kappa shape index (κ1) is 17.8. The van der Waals surface area contributed by atoms with E-state index in [4.69, 9.17) is 0 Å². The number of rotatable bonds is 4. The van der Waals surface area contributed by atoms with Gasteiger partial charge in [-0.3, -0.25) is 4.79 Å². The molecule has 1 aromatic rings. The second-order valence-electron chi connectivity index (χ2n) is 6.34. The highest BCUT2D eigenvalue weighted by atomic mass is 32.1. The van der Waals surface area contributed by atoms with Crippen LogP contribution in [0.25, 0.3) is 0 Å². The summed E-state index contributed by atoms with van der Waals surface area (Å²) in [6, 6.07) is 2.26. The fourth-order valence-corrected chi connectivity index (χ4v) is 3.93. The lowest BCUT2D eigenvalue weighted by atomic mass is 10.1. The van der Waals surface area contributed by atoms with Crippen LogP contribution in [0.4, 0.5) is 4.79 Å². The molecule has 0 N–H and O–H groups in total. The quantitative estimate of drug-likeness (QED) is 0.847. The number of carbonyl (C=O) groups excluding carboxylic acids is 2. The highest BCUT2D eigenvalue weighted by molar-refractivity contribution is 7.12. The Morgan fingerprint density at radius 3 is 2.26 bits per heavy atom. The molecule has 2 heterocycles. The molecule has 23 heavy (non-hydrogen) atoms. The van der Waals surface area contributed by atoms with Crippen molar-refractivity contribution < 1.29 is 9.59 Å². The lowest BCUT2D eigenvalue weighted by Crippen LogP contribution is -2.52. The van der Waals surface area contributed by atoms with Crippen LogP contribution in [0, 0.1) is 13.8 Å². The minimum Gasteiger partial charge on any atom is -0.339 e. The predicted molar refractivity (Wildman–Crippen MR) is 94.0 cm³/mol. The number of piperazine rings is 1. The van der Waals surface area contributed by atoms with Gasteiger partial charge in [0.25, 0.3) is 0 Å². The van der Waals surface area contributed by atoms with Gasteiger partial charge >= 0.3 is 6.03 Å². The molecule has 128 valence electrons. The van der Waals surface area contributed by atoms with Crippen molar-refractivity contribution in [2.75, 3.05) is 40.3 Å². The van der Waals surface area contributed by atoms with E-state index in [1.54, 1.807) is 23.9 Å². The van der Waals surface area contributed by atoms with E-state index in [-0.39, 0.29) is 11.9 Å². The van der Waals surface area contributed by atoms with Gasteiger partial charge in [0.1, 0.15) is 0 Å². The summed E-state index contributed by atoms with van der Waals surface area (Å²) in [7, 11) is 3.52. The maximum Gasteiger partial charge on any atom is 0.319 e. The van der Waals surface area contributed by atoms with Crippen molar-refractivity contribution in [2.24, 2.45) is 0 Å². The summed E-state index contributed by atoms with van der Waals surface area (Å²) in [5.41, 5.74) is 1.38. The van der Waals surface area contributed by atoms with Crippen LogP contribution in [0.3, 0.4) is 0 Å². The highest BCUT2D eigenvalue weighted by Gasteiger charge is 2.24. The van der Waals surface area contributed by atoms with Crippen molar-refractivity contribution in [3.05, 3.63) is 21.4 Å². The van der Waals surface area contributed by atoms with Crippen LogP contribution in [0.5, 0.6) is 0 Å². The van der Waals surface area contributed by atoms with Gasteiger partial charge in [0.2, 0.25) is 5.91 Å². The smallest absolute Gasteiger partial charge is 0.319 e. The zero-order valence-electron chi connectivity index (χ0n) is 14.6. The molecule has 1 aromatic heterocycles. The molecule has 1 aliphatic heterocycles. The van der Waals surface area contributed by atoms with Gasteiger partial charge in [0.05, 0.1) is 0 Å². The standard InChI is InChI=1S/C17H27N3O2S/c1-13-12-15(14(2)23-13)6-5-7-16(21)19-8-10-20(11-9-19)17(22)18(3)4/h12H,5-11H2,1-4H3. The van der Waals surface area contributed by atoms with Crippen molar-refractivity contribution in [3.63, 3.8) is 0 Å². The van der Waals surface area contributed by atoms with Gasteiger partial charge in [-0.25, -0.2) is 4.79 Å². The molecule has 0 aliphatic carbocycles. The van der Waals surface area contributed by atoms with Crippen molar-refractivity contribution >= 4 is 23.3 Å². The van der Waals surface area contributed by atoms with Gasteiger partial charge in [0.15, 0.2) is 0 Å². The number of nitrogens with zero attached hydrogens (tertiary/aromatic N) is 3. The molecule has 0 unspecified atom stereocenters. The van der Waals surface area contributed by atoms with Gasteiger partial charge in [-0.15, -0.1) is 11.3 Å². The number of thiophene rings is 1. The summed E-state index contributed by atoms with van der Waals surface area (Å²) < 4.78 is 0. The zero-order chi connectivity index (χ0) is 17.0. The Hall–Kier alpha value is -1.56. The van der Waals surface area contributed by atoms with Gasteiger partial charge in [0, 0.05) is 56.4 Å². The van der Waals surface area contributed by atoms with Crippen LogP contribution in [0.1, 0.15) is 28.2 Å². The van der Waals surface area contributed by atoms with E-state index in [1.165, 1.54) is 15.3 Å². The number of amides is 3. The third-order valence-corrected chi connectivity index (χ3v) is 5.27. The van der Waals surface area contributed by atoms with E-state index < -0.39 is 0 Å². The van der Waals surface area contributed by atoms with E-state index in [0.717, 1.165) is 12.8 Å². The van der Waals surface area contributed by atoms with Crippen molar-refractivity contribution in [3.8, 4) is 0 Å². The lowest BCUT2D eigenvalue weighted by Gasteiger charge is -2.36. The molecular weight excluding hydrogens is 310 g/mol. The van der Waals surface area contributed by atoms with E-state index in [2.05, 4.69) is 19.9 Å². The van der Waals surface area contributed by atoms with Crippen LogP contribution in [0.15, 0.2) is 6.07 Å². The Morgan fingerprint density at radius 2 is 1.74 bits per heavy atom. The first-order valence-corrected chi connectivity index (χ1v) is 9.00. The molecule has 1 saturated heterocycles. The van der Waals surface area contributed by atoms with Gasteiger partial charge in [-0.05, 0) is 38.3 Å². The normalized spacial score (nSPS) is 15.0. The Kier molecular flexibility index (Phi) is 6.04. The molecule has 2 rings (SSSR count). The Morgan fingerprint density at radius 1 is 1.13 bits per heavy atom. The predicted octanol–water partition coefficient (Wildman–Crippen LogP) is 2.51. The summed E-state index contributed by atoms with van der Waals surface area (Å²) in [6.45, 7) is 6.83. The summed E-state index contributed by atoms with van der Waals surface area (Å²) in [4.78, 5) is 32.2. The molecule has 1 aliphatic rings. The average molecular weight is 337 g/mol. The summed E-state index contributed by atoms with van der Waals surface area (Å²) in [5, 5.41) is 0. The molecule has 0 atom stereocenters. The third kappa shape index (κ3) is 4.70. The lowest BCUT2D eigenvalue weighted by molar-refractivity contribution is -0.132. The summed E-state index contributed by atoms with van der Waals surface area (Å²) >= 11 is 1.82. The minimum atomic E-state index is 0.0281. The van der Waals surface area contributed by atoms with Crippen molar-refractivity contribution in [1.29, 1.82) is 0 Å². The van der Waals surface area contributed by atoms with E-state index in [9.17, 15) is 9.59 Å². The van der Waals surface area contributed by atoms with Crippen LogP contribution < -0.4 is 0 Å². The number of carbonyl (C=O) groups is 2. The molecular formula is C17H27N3O2S. The molecule has 1 fully saturated rings. The van der Waals surface area contributed by atoms with Crippen molar-refractivity contribution in [1.82, 2.24) is 14.7 Å². The molecule has 0 bridgehead atoms. The summed E-state index contributed by atoms with van der Waals surface area (Å²) in [6.07, 6.45) is 2.46. The number of hydrogen-bond donors (Lipinski definition) is 0. The van der Waals surface area contributed by atoms with E-state index >= 15 is 0 Å². The highest BCUT2D eigenvalue weighted by Crippen LogP contribution is 2.22. The number of hydrogen-bond acceptors (Lipinski definition) is 3. The van der Waals surface area contributed by atoms with Gasteiger partial charge in [-0.2, -0.15) is 0 Å². The SMILES string of the molecule is Cc1cc(CCCC(=O)N2CCN(C(=O)N(C)C)CC2)c(C)s1. The molecule has 0 spiro atoms. The first-order chi connectivity index (χ1) is 10.9. The second-order valence-corrected chi connectivity index (χ2v) is 7.80. The number of aryl methyl sites for hydroxylation is 3. The topological polar surface area (TPSA) is 43.9 Å². The van der Waals surface area contributed by atoms with Crippen LogP contribution >= 0.6 is 11.3 Å². The Labute approximate surface area is 142 Å².